The van der Waals surface area contributed by atoms with E-state index >= 15 is 0 Å². The molecule has 2 aromatic rings. The van der Waals surface area contributed by atoms with Gasteiger partial charge < -0.3 is 14.8 Å². The Bertz CT molecular complexity index is 587. The molecule has 0 radical (unpaired) electrons. The van der Waals surface area contributed by atoms with Gasteiger partial charge in [-0.15, -0.1) is 0 Å². The fraction of sp³-hybridized carbons (Fsp3) is 0.294. The van der Waals surface area contributed by atoms with E-state index in [4.69, 9.17) is 9.47 Å². The minimum Gasteiger partial charge on any atom is -0.493 e. The molecule has 0 saturated heterocycles. The van der Waals surface area contributed by atoms with Crippen LogP contribution < -0.4 is 14.8 Å². The van der Waals surface area contributed by atoms with Crippen LogP contribution in [0.3, 0.4) is 0 Å². The number of halogens is 1. The van der Waals surface area contributed by atoms with Gasteiger partial charge in [-0.2, -0.15) is 0 Å². The summed E-state index contributed by atoms with van der Waals surface area (Å²) in [7, 11) is 1.67. The summed E-state index contributed by atoms with van der Waals surface area (Å²) >= 11 is 3.45. The Morgan fingerprint density at radius 3 is 2.67 bits per heavy atom. The third kappa shape index (κ3) is 4.67. The maximum Gasteiger partial charge on any atom is 0.161 e. The number of hydrogen-bond donors (Lipinski definition) is 1. The molecule has 0 aromatic heterocycles. The molecule has 0 aliphatic heterocycles. The van der Waals surface area contributed by atoms with Gasteiger partial charge in [0.15, 0.2) is 11.5 Å². The largest absolute Gasteiger partial charge is 0.493 e. The summed E-state index contributed by atoms with van der Waals surface area (Å²) in [6.45, 7) is 3.43. The average Bonchev–Trinajstić information content (AvgIpc) is 2.51. The van der Waals surface area contributed by atoms with E-state index in [0.29, 0.717) is 6.61 Å². The van der Waals surface area contributed by atoms with Gasteiger partial charge in [-0.25, -0.2) is 0 Å². The van der Waals surface area contributed by atoms with Crippen LogP contribution in [-0.4, -0.2) is 20.3 Å². The molecule has 21 heavy (non-hydrogen) atoms. The normalized spacial score (nSPS) is 10.2. The molecule has 0 saturated carbocycles. The molecule has 0 amide bonds. The monoisotopic (exact) mass is 349 g/mol. The minimum absolute atomic E-state index is 0.578. The van der Waals surface area contributed by atoms with Crippen molar-refractivity contribution in [2.24, 2.45) is 0 Å². The molecular formula is C17H20BrNO2. The minimum atomic E-state index is 0.578. The smallest absolute Gasteiger partial charge is 0.161 e. The van der Waals surface area contributed by atoms with E-state index in [1.807, 2.05) is 36.4 Å². The molecule has 1 N–H and O–H groups in total. The number of ether oxygens (including phenoxy) is 2. The summed E-state index contributed by atoms with van der Waals surface area (Å²) in [5, 5.41) is 3.32. The van der Waals surface area contributed by atoms with Gasteiger partial charge in [0, 0.05) is 16.7 Å². The van der Waals surface area contributed by atoms with Crippen molar-refractivity contribution in [1.29, 1.82) is 0 Å². The molecule has 0 spiro atoms. The number of benzene rings is 2. The topological polar surface area (TPSA) is 30.5 Å². The summed E-state index contributed by atoms with van der Waals surface area (Å²) in [5.74, 6) is 1.57. The molecule has 0 bridgehead atoms. The first-order chi connectivity index (χ1) is 10.2. The molecule has 2 rings (SSSR count). The third-order valence-electron chi connectivity index (χ3n) is 3.15. The van der Waals surface area contributed by atoms with Gasteiger partial charge in [-0.3, -0.25) is 0 Å². The van der Waals surface area contributed by atoms with Gasteiger partial charge >= 0.3 is 0 Å². The Kier molecular flexibility index (Phi) is 5.93. The van der Waals surface area contributed by atoms with E-state index in [1.54, 1.807) is 7.11 Å². The first kappa shape index (κ1) is 15.7. The molecule has 0 aliphatic rings. The first-order valence-corrected chi connectivity index (χ1v) is 7.81. The van der Waals surface area contributed by atoms with E-state index < -0.39 is 0 Å². The van der Waals surface area contributed by atoms with Crippen molar-refractivity contribution < 1.29 is 9.47 Å². The van der Waals surface area contributed by atoms with Gasteiger partial charge in [0.25, 0.3) is 0 Å². The highest BCUT2D eigenvalue weighted by atomic mass is 79.9. The van der Waals surface area contributed by atoms with Gasteiger partial charge in [0.1, 0.15) is 6.61 Å². The van der Waals surface area contributed by atoms with Crippen LogP contribution in [0.5, 0.6) is 11.5 Å². The van der Waals surface area contributed by atoms with Crippen LogP contribution in [0.25, 0.3) is 0 Å². The van der Waals surface area contributed by atoms with Gasteiger partial charge in [-0.05, 0) is 42.3 Å². The van der Waals surface area contributed by atoms with Crippen molar-refractivity contribution >= 4 is 21.6 Å². The summed E-state index contributed by atoms with van der Waals surface area (Å²) in [5.41, 5.74) is 2.31. The van der Waals surface area contributed by atoms with Crippen LogP contribution in [-0.2, 0) is 6.42 Å². The van der Waals surface area contributed by atoms with Crippen LogP contribution in [0.15, 0.2) is 46.9 Å². The second-order valence-electron chi connectivity index (χ2n) is 4.62. The van der Waals surface area contributed by atoms with Gasteiger partial charge in [0.2, 0.25) is 0 Å². The van der Waals surface area contributed by atoms with Crippen LogP contribution >= 0.6 is 15.9 Å². The number of hydrogen-bond acceptors (Lipinski definition) is 3. The van der Waals surface area contributed by atoms with Crippen molar-refractivity contribution in [2.75, 3.05) is 25.6 Å². The molecule has 112 valence electrons. The standard InChI is InChI=1S/C17H20BrNO2/c1-3-13-7-8-16(17(11-13)20-2)21-10-9-19-15-6-4-5-14(18)12-15/h4-8,11-12,19H,3,9-10H2,1-2H3. The lowest BCUT2D eigenvalue weighted by Gasteiger charge is -2.12. The predicted octanol–water partition coefficient (Wildman–Crippen LogP) is 4.51. The molecule has 0 heterocycles. The second kappa shape index (κ2) is 7.93. The quantitative estimate of drug-likeness (QED) is 0.746. The summed E-state index contributed by atoms with van der Waals surface area (Å²) in [6.07, 6.45) is 0.987. The van der Waals surface area contributed by atoms with Crippen LogP contribution in [0.1, 0.15) is 12.5 Å². The molecule has 3 nitrogen and oxygen atoms in total. The van der Waals surface area contributed by atoms with E-state index in [0.717, 1.165) is 34.6 Å². The summed E-state index contributed by atoms with van der Waals surface area (Å²) in [4.78, 5) is 0. The van der Waals surface area contributed by atoms with Crippen molar-refractivity contribution in [2.45, 2.75) is 13.3 Å². The predicted molar refractivity (Wildman–Crippen MR) is 90.5 cm³/mol. The summed E-state index contributed by atoms with van der Waals surface area (Å²) < 4.78 is 12.2. The van der Waals surface area contributed by atoms with Gasteiger partial charge in [-0.1, -0.05) is 35.0 Å². The fourth-order valence-electron chi connectivity index (χ4n) is 2.01. The Morgan fingerprint density at radius 1 is 1.10 bits per heavy atom. The highest BCUT2D eigenvalue weighted by Gasteiger charge is 2.04. The Morgan fingerprint density at radius 2 is 1.95 bits per heavy atom. The number of anilines is 1. The highest BCUT2D eigenvalue weighted by Crippen LogP contribution is 2.28. The fourth-order valence-corrected chi connectivity index (χ4v) is 2.41. The van der Waals surface area contributed by atoms with E-state index in [-0.39, 0.29) is 0 Å². The zero-order valence-corrected chi connectivity index (χ0v) is 13.9. The Hall–Kier alpha value is -1.68. The number of aryl methyl sites for hydroxylation is 1. The lowest BCUT2D eigenvalue weighted by Crippen LogP contribution is -2.11. The molecule has 0 unspecified atom stereocenters. The van der Waals surface area contributed by atoms with Crippen molar-refractivity contribution in [3.8, 4) is 11.5 Å². The molecule has 0 atom stereocenters. The van der Waals surface area contributed by atoms with Crippen LogP contribution in [0.2, 0.25) is 0 Å². The molecule has 0 aliphatic carbocycles. The second-order valence-corrected chi connectivity index (χ2v) is 5.54. The third-order valence-corrected chi connectivity index (χ3v) is 3.64. The van der Waals surface area contributed by atoms with Crippen LogP contribution in [0, 0.1) is 0 Å². The Labute approximate surface area is 134 Å². The average molecular weight is 350 g/mol. The molecule has 0 fully saturated rings. The lowest BCUT2D eigenvalue weighted by atomic mass is 10.1. The number of rotatable bonds is 7. The maximum absolute atomic E-state index is 5.78. The van der Waals surface area contributed by atoms with E-state index in [9.17, 15) is 0 Å². The van der Waals surface area contributed by atoms with Gasteiger partial charge in [0.05, 0.1) is 7.11 Å². The van der Waals surface area contributed by atoms with Crippen LogP contribution in [0.4, 0.5) is 5.69 Å². The summed E-state index contributed by atoms with van der Waals surface area (Å²) in [6, 6.07) is 14.1. The Balaban J connectivity index is 1.86. The van der Waals surface area contributed by atoms with E-state index in [2.05, 4.69) is 34.2 Å². The number of methoxy groups -OCH3 is 1. The number of nitrogens with one attached hydrogen (secondary N) is 1. The zero-order valence-electron chi connectivity index (χ0n) is 12.4. The molecule has 4 heteroatoms. The van der Waals surface area contributed by atoms with Crippen molar-refractivity contribution in [3.05, 3.63) is 52.5 Å². The maximum atomic E-state index is 5.78. The lowest BCUT2D eigenvalue weighted by molar-refractivity contribution is 0.305. The van der Waals surface area contributed by atoms with E-state index in [1.165, 1.54) is 5.56 Å². The SMILES string of the molecule is CCc1ccc(OCCNc2cccc(Br)c2)c(OC)c1. The molecular weight excluding hydrogens is 330 g/mol. The van der Waals surface area contributed by atoms with Crippen molar-refractivity contribution in [1.82, 2.24) is 0 Å². The first-order valence-electron chi connectivity index (χ1n) is 7.02. The van der Waals surface area contributed by atoms with Crippen molar-refractivity contribution in [3.63, 3.8) is 0 Å². The molecule has 2 aromatic carbocycles. The zero-order chi connectivity index (χ0) is 15.1. The highest BCUT2D eigenvalue weighted by molar-refractivity contribution is 9.10.